The first-order valence-electron chi connectivity index (χ1n) is 6.08. The maximum atomic E-state index is 3.37. The third kappa shape index (κ3) is 2.35. The van der Waals surface area contributed by atoms with Crippen molar-refractivity contribution >= 4 is 5.57 Å². The molecule has 0 fully saturated rings. The zero-order valence-corrected chi connectivity index (χ0v) is 10.5. The van der Waals surface area contributed by atoms with Gasteiger partial charge in [0.15, 0.2) is 0 Å². The second-order valence-corrected chi connectivity index (χ2v) is 5.48. The molecule has 1 aromatic rings. The van der Waals surface area contributed by atoms with Gasteiger partial charge in [0, 0.05) is 6.54 Å². The van der Waals surface area contributed by atoms with Crippen molar-refractivity contribution in [1.82, 2.24) is 5.32 Å². The first-order chi connectivity index (χ1) is 7.59. The van der Waals surface area contributed by atoms with Crippen molar-refractivity contribution in [2.45, 2.75) is 32.6 Å². The highest BCUT2D eigenvalue weighted by atomic mass is 14.8. The summed E-state index contributed by atoms with van der Waals surface area (Å²) >= 11 is 0. The summed E-state index contributed by atoms with van der Waals surface area (Å²) in [6, 6.07) is 8.81. The molecular weight excluding hydrogens is 194 g/mol. The average molecular weight is 215 g/mol. The minimum atomic E-state index is 0.225. The van der Waals surface area contributed by atoms with E-state index in [4.69, 9.17) is 0 Å². The SMILES string of the molecule is CC(C)(C)c1ccccc1C1=CCNCC1. The molecule has 1 heterocycles. The quantitative estimate of drug-likeness (QED) is 0.757. The lowest BCUT2D eigenvalue weighted by molar-refractivity contribution is 0.587. The Labute approximate surface area is 98.6 Å². The molecule has 1 N–H and O–H groups in total. The molecule has 86 valence electrons. The van der Waals surface area contributed by atoms with Gasteiger partial charge in [-0.1, -0.05) is 51.1 Å². The molecule has 0 radical (unpaired) electrons. The topological polar surface area (TPSA) is 12.0 Å². The van der Waals surface area contributed by atoms with Crippen molar-refractivity contribution in [3.63, 3.8) is 0 Å². The van der Waals surface area contributed by atoms with Crippen molar-refractivity contribution in [3.8, 4) is 0 Å². The van der Waals surface area contributed by atoms with E-state index in [0.29, 0.717) is 0 Å². The minimum Gasteiger partial charge on any atom is -0.313 e. The highest BCUT2D eigenvalue weighted by Crippen LogP contribution is 2.31. The van der Waals surface area contributed by atoms with Gasteiger partial charge in [-0.2, -0.15) is 0 Å². The van der Waals surface area contributed by atoms with E-state index in [2.05, 4.69) is 56.4 Å². The summed E-state index contributed by atoms with van der Waals surface area (Å²) in [6.45, 7) is 8.96. The molecule has 1 nitrogen and oxygen atoms in total. The predicted octanol–water partition coefficient (Wildman–Crippen LogP) is 3.36. The van der Waals surface area contributed by atoms with Gasteiger partial charge < -0.3 is 5.32 Å². The molecule has 1 aliphatic rings. The van der Waals surface area contributed by atoms with Crippen LogP contribution in [0.15, 0.2) is 30.3 Å². The standard InChI is InChI=1S/C15H21N/c1-15(2,3)14-7-5-4-6-13(14)12-8-10-16-11-9-12/h4-8,16H,9-11H2,1-3H3. The zero-order valence-electron chi connectivity index (χ0n) is 10.5. The van der Waals surface area contributed by atoms with Gasteiger partial charge in [0.1, 0.15) is 0 Å². The molecule has 0 unspecified atom stereocenters. The van der Waals surface area contributed by atoms with E-state index in [1.165, 1.54) is 16.7 Å². The summed E-state index contributed by atoms with van der Waals surface area (Å²) in [6.07, 6.45) is 3.47. The molecule has 0 spiro atoms. The number of hydrogen-bond donors (Lipinski definition) is 1. The summed E-state index contributed by atoms with van der Waals surface area (Å²) in [5.74, 6) is 0. The molecule has 16 heavy (non-hydrogen) atoms. The Kier molecular flexibility index (Phi) is 3.15. The molecule has 0 amide bonds. The van der Waals surface area contributed by atoms with Crippen LogP contribution in [0.2, 0.25) is 0 Å². The molecule has 0 atom stereocenters. The largest absolute Gasteiger partial charge is 0.313 e. The summed E-state index contributed by atoms with van der Waals surface area (Å²) < 4.78 is 0. The molecule has 0 bridgehead atoms. The first kappa shape index (κ1) is 11.4. The second kappa shape index (κ2) is 4.42. The van der Waals surface area contributed by atoms with Crippen LogP contribution in [-0.2, 0) is 5.41 Å². The Morgan fingerprint density at radius 3 is 2.50 bits per heavy atom. The highest BCUT2D eigenvalue weighted by Gasteiger charge is 2.19. The van der Waals surface area contributed by atoms with Gasteiger partial charge in [0.25, 0.3) is 0 Å². The molecule has 1 aromatic carbocycles. The lowest BCUT2D eigenvalue weighted by atomic mass is 9.81. The number of hydrogen-bond acceptors (Lipinski definition) is 1. The molecular formula is C15H21N. The minimum absolute atomic E-state index is 0.225. The Hall–Kier alpha value is -1.08. The molecule has 0 saturated carbocycles. The summed E-state index contributed by atoms with van der Waals surface area (Å²) in [7, 11) is 0. The number of rotatable bonds is 1. The van der Waals surface area contributed by atoms with Crippen molar-refractivity contribution in [3.05, 3.63) is 41.5 Å². The van der Waals surface area contributed by atoms with Gasteiger partial charge in [-0.25, -0.2) is 0 Å². The Bertz CT molecular complexity index is 396. The lowest BCUT2D eigenvalue weighted by Crippen LogP contribution is -2.21. The fourth-order valence-corrected chi connectivity index (χ4v) is 2.28. The third-order valence-electron chi connectivity index (χ3n) is 3.14. The van der Waals surface area contributed by atoms with Crippen LogP contribution in [0, 0.1) is 0 Å². The van der Waals surface area contributed by atoms with Crippen LogP contribution in [0.3, 0.4) is 0 Å². The van der Waals surface area contributed by atoms with E-state index >= 15 is 0 Å². The molecule has 0 aromatic heterocycles. The zero-order chi connectivity index (χ0) is 11.6. The fraction of sp³-hybridized carbons (Fsp3) is 0.467. The summed E-state index contributed by atoms with van der Waals surface area (Å²) in [5.41, 5.74) is 4.63. The van der Waals surface area contributed by atoms with Crippen LogP contribution in [0.25, 0.3) is 5.57 Å². The predicted molar refractivity (Wildman–Crippen MR) is 70.6 cm³/mol. The highest BCUT2D eigenvalue weighted by molar-refractivity contribution is 5.70. The van der Waals surface area contributed by atoms with Crippen molar-refractivity contribution in [1.29, 1.82) is 0 Å². The van der Waals surface area contributed by atoms with E-state index in [1.807, 2.05) is 0 Å². The lowest BCUT2D eigenvalue weighted by Gasteiger charge is -2.25. The van der Waals surface area contributed by atoms with E-state index in [-0.39, 0.29) is 5.41 Å². The summed E-state index contributed by atoms with van der Waals surface area (Å²) in [5, 5.41) is 3.37. The van der Waals surface area contributed by atoms with Gasteiger partial charge in [-0.3, -0.25) is 0 Å². The Balaban J connectivity index is 2.44. The van der Waals surface area contributed by atoms with Gasteiger partial charge in [0.05, 0.1) is 0 Å². The van der Waals surface area contributed by atoms with E-state index < -0.39 is 0 Å². The average Bonchev–Trinajstić information content (AvgIpc) is 2.29. The van der Waals surface area contributed by atoms with Crippen LogP contribution in [0.4, 0.5) is 0 Å². The fourth-order valence-electron chi connectivity index (χ4n) is 2.28. The molecule has 0 aliphatic carbocycles. The third-order valence-corrected chi connectivity index (χ3v) is 3.14. The second-order valence-electron chi connectivity index (χ2n) is 5.48. The van der Waals surface area contributed by atoms with E-state index in [1.54, 1.807) is 0 Å². The Morgan fingerprint density at radius 2 is 1.88 bits per heavy atom. The van der Waals surface area contributed by atoms with Crippen molar-refractivity contribution in [2.75, 3.05) is 13.1 Å². The maximum absolute atomic E-state index is 3.37. The van der Waals surface area contributed by atoms with Gasteiger partial charge in [0.2, 0.25) is 0 Å². The van der Waals surface area contributed by atoms with Crippen LogP contribution in [-0.4, -0.2) is 13.1 Å². The van der Waals surface area contributed by atoms with Gasteiger partial charge in [-0.15, -0.1) is 0 Å². The molecule has 1 heteroatoms. The smallest absolute Gasteiger partial charge is 0.0140 e. The number of benzene rings is 1. The molecule has 1 aliphatic heterocycles. The summed E-state index contributed by atoms with van der Waals surface area (Å²) in [4.78, 5) is 0. The van der Waals surface area contributed by atoms with Gasteiger partial charge >= 0.3 is 0 Å². The van der Waals surface area contributed by atoms with Crippen molar-refractivity contribution in [2.24, 2.45) is 0 Å². The van der Waals surface area contributed by atoms with Gasteiger partial charge in [-0.05, 0) is 35.1 Å². The first-order valence-corrected chi connectivity index (χ1v) is 6.08. The maximum Gasteiger partial charge on any atom is 0.0140 e. The molecule has 0 saturated heterocycles. The van der Waals surface area contributed by atoms with E-state index in [9.17, 15) is 0 Å². The van der Waals surface area contributed by atoms with Crippen LogP contribution in [0.5, 0.6) is 0 Å². The van der Waals surface area contributed by atoms with Crippen LogP contribution >= 0.6 is 0 Å². The molecule has 2 rings (SSSR count). The number of nitrogens with one attached hydrogen (secondary N) is 1. The normalized spacial score (nSPS) is 17.1. The Morgan fingerprint density at radius 1 is 1.12 bits per heavy atom. The monoisotopic (exact) mass is 215 g/mol. The van der Waals surface area contributed by atoms with E-state index in [0.717, 1.165) is 19.5 Å². The van der Waals surface area contributed by atoms with Crippen LogP contribution < -0.4 is 5.32 Å². The van der Waals surface area contributed by atoms with Crippen molar-refractivity contribution < 1.29 is 0 Å². The van der Waals surface area contributed by atoms with Crippen LogP contribution in [0.1, 0.15) is 38.3 Å².